The molecule has 0 radical (unpaired) electrons. The van der Waals surface area contributed by atoms with E-state index < -0.39 is 6.10 Å². The van der Waals surface area contributed by atoms with Crippen LogP contribution in [0.15, 0.2) is 48.6 Å². The largest absolute Gasteiger partial charge is 0.462 e. The summed E-state index contributed by atoms with van der Waals surface area (Å²) in [4.78, 5) is 37.9. The van der Waals surface area contributed by atoms with Gasteiger partial charge in [0.2, 0.25) is 0 Å². The van der Waals surface area contributed by atoms with Crippen molar-refractivity contribution in [3.05, 3.63) is 48.6 Å². The normalized spacial score (nSPS) is 12.4. The minimum atomic E-state index is -0.797. The van der Waals surface area contributed by atoms with Crippen molar-refractivity contribution in [2.45, 2.75) is 271 Å². The molecule has 61 heavy (non-hydrogen) atoms. The van der Waals surface area contributed by atoms with E-state index in [1.54, 1.807) is 0 Å². The monoisotopic (exact) mass is 855 g/mol. The topological polar surface area (TPSA) is 78.9 Å². The first-order valence-electron chi connectivity index (χ1n) is 26.1. The van der Waals surface area contributed by atoms with Crippen LogP contribution in [0.25, 0.3) is 0 Å². The SMILES string of the molecule is CCCCCC/C=C\CCCCCCCCCC(=O)OC[C@H](COC(=O)CCCCCCCCCCCCC)OC(=O)CCC/C=C\C/C=C\C/C=C\CCCCCCCC. The fourth-order valence-corrected chi connectivity index (χ4v) is 7.34. The Morgan fingerprint density at radius 3 is 1.00 bits per heavy atom. The van der Waals surface area contributed by atoms with E-state index in [4.69, 9.17) is 14.2 Å². The van der Waals surface area contributed by atoms with Gasteiger partial charge in [0.25, 0.3) is 0 Å². The van der Waals surface area contributed by atoms with E-state index in [-0.39, 0.29) is 37.5 Å². The molecule has 0 aromatic carbocycles. The minimum absolute atomic E-state index is 0.0922. The number of allylic oxidation sites excluding steroid dienone is 8. The van der Waals surface area contributed by atoms with Crippen molar-refractivity contribution in [3.8, 4) is 0 Å². The fourth-order valence-electron chi connectivity index (χ4n) is 7.34. The van der Waals surface area contributed by atoms with Crippen LogP contribution in [0, 0.1) is 0 Å². The lowest BCUT2D eigenvalue weighted by atomic mass is 10.1. The Bertz CT molecular complexity index is 1070. The van der Waals surface area contributed by atoms with Gasteiger partial charge < -0.3 is 14.2 Å². The number of carbonyl (C=O) groups is 3. The third kappa shape index (κ3) is 48.3. The van der Waals surface area contributed by atoms with Crippen LogP contribution in [-0.2, 0) is 28.6 Å². The second-order valence-corrected chi connectivity index (χ2v) is 17.4. The first-order chi connectivity index (χ1) is 30.0. The lowest BCUT2D eigenvalue weighted by Crippen LogP contribution is -2.30. The highest BCUT2D eigenvalue weighted by atomic mass is 16.6. The maximum Gasteiger partial charge on any atom is 0.306 e. The standard InChI is InChI=1S/C55H98O6/c1-4-7-10-13-16-19-22-24-26-27-29-31-34-37-40-43-46-49-55(58)61-52(50-59-53(56)47-44-41-38-35-32-21-18-15-12-9-6-3)51-60-54(57)48-45-42-39-36-33-30-28-25-23-20-17-14-11-8-5-2/h20,23-24,26,29,31,37,40,52H,4-19,21-22,25,27-28,30,32-36,38-39,41-51H2,1-3H3/b23-20-,26-24-,31-29-,40-37-/t52-/m0/s1. The van der Waals surface area contributed by atoms with Crippen molar-refractivity contribution in [1.82, 2.24) is 0 Å². The minimum Gasteiger partial charge on any atom is -0.462 e. The molecule has 0 saturated carbocycles. The van der Waals surface area contributed by atoms with Gasteiger partial charge in [-0.15, -0.1) is 0 Å². The molecule has 0 rings (SSSR count). The number of ether oxygens (including phenoxy) is 3. The van der Waals surface area contributed by atoms with Crippen molar-refractivity contribution < 1.29 is 28.6 Å². The summed E-state index contributed by atoms with van der Waals surface area (Å²) in [5.41, 5.74) is 0. The van der Waals surface area contributed by atoms with Gasteiger partial charge in [0.15, 0.2) is 6.10 Å². The molecule has 0 aliphatic carbocycles. The number of rotatable bonds is 47. The number of esters is 3. The zero-order valence-corrected chi connectivity index (χ0v) is 40.4. The van der Waals surface area contributed by atoms with E-state index in [9.17, 15) is 14.4 Å². The Kier molecular flexibility index (Phi) is 47.9. The highest BCUT2D eigenvalue weighted by molar-refractivity contribution is 5.71. The highest BCUT2D eigenvalue weighted by Crippen LogP contribution is 2.14. The molecule has 354 valence electrons. The van der Waals surface area contributed by atoms with E-state index in [1.165, 1.54) is 161 Å². The Morgan fingerprint density at radius 2 is 0.607 bits per heavy atom. The van der Waals surface area contributed by atoms with Crippen molar-refractivity contribution in [1.29, 1.82) is 0 Å². The average Bonchev–Trinajstić information content (AvgIpc) is 3.26. The Morgan fingerprint density at radius 1 is 0.328 bits per heavy atom. The third-order valence-electron chi connectivity index (χ3n) is 11.3. The highest BCUT2D eigenvalue weighted by Gasteiger charge is 2.19. The quantitative estimate of drug-likeness (QED) is 0.0263. The summed E-state index contributed by atoms with van der Waals surface area (Å²) in [5, 5.41) is 0. The van der Waals surface area contributed by atoms with Crippen LogP contribution in [0.1, 0.15) is 265 Å². The molecule has 0 fully saturated rings. The Balaban J connectivity index is 4.44. The van der Waals surface area contributed by atoms with Crippen LogP contribution < -0.4 is 0 Å². The van der Waals surface area contributed by atoms with Crippen molar-refractivity contribution in [2.75, 3.05) is 13.2 Å². The summed E-state index contributed by atoms with van der Waals surface area (Å²) < 4.78 is 16.7. The molecule has 0 saturated heterocycles. The van der Waals surface area contributed by atoms with Gasteiger partial charge in [-0.3, -0.25) is 14.4 Å². The molecule has 0 aromatic rings. The molecule has 0 heterocycles. The van der Waals surface area contributed by atoms with E-state index in [0.717, 1.165) is 57.8 Å². The first kappa shape index (κ1) is 58.4. The lowest BCUT2D eigenvalue weighted by Gasteiger charge is -2.18. The molecule has 0 unspecified atom stereocenters. The number of hydrogen-bond acceptors (Lipinski definition) is 6. The second kappa shape index (κ2) is 50.0. The Labute approximate surface area is 378 Å². The van der Waals surface area contributed by atoms with Gasteiger partial charge in [0, 0.05) is 19.3 Å². The smallest absolute Gasteiger partial charge is 0.306 e. The number of hydrogen-bond donors (Lipinski definition) is 0. The summed E-state index contributed by atoms with van der Waals surface area (Å²) in [5.74, 6) is -0.943. The van der Waals surface area contributed by atoms with E-state index in [1.807, 2.05) is 0 Å². The van der Waals surface area contributed by atoms with Crippen molar-refractivity contribution in [3.63, 3.8) is 0 Å². The van der Waals surface area contributed by atoms with Gasteiger partial charge in [0.05, 0.1) is 0 Å². The summed E-state index contributed by atoms with van der Waals surface area (Å²) >= 11 is 0. The van der Waals surface area contributed by atoms with Gasteiger partial charge in [0.1, 0.15) is 13.2 Å². The lowest BCUT2D eigenvalue weighted by molar-refractivity contribution is -0.167. The zero-order chi connectivity index (χ0) is 44.4. The predicted octanol–water partition coefficient (Wildman–Crippen LogP) is 17.1. The number of carbonyl (C=O) groups excluding carboxylic acids is 3. The van der Waals surface area contributed by atoms with Gasteiger partial charge >= 0.3 is 17.9 Å². The third-order valence-corrected chi connectivity index (χ3v) is 11.3. The van der Waals surface area contributed by atoms with Gasteiger partial charge in [-0.05, 0) is 77.0 Å². The van der Waals surface area contributed by atoms with Crippen LogP contribution in [0.3, 0.4) is 0 Å². The van der Waals surface area contributed by atoms with Gasteiger partial charge in [-0.1, -0.05) is 217 Å². The van der Waals surface area contributed by atoms with Crippen LogP contribution >= 0.6 is 0 Å². The molecule has 0 bridgehead atoms. The van der Waals surface area contributed by atoms with Crippen molar-refractivity contribution >= 4 is 17.9 Å². The predicted molar refractivity (Wildman–Crippen MR) is 261 cm³/mol. The molecule has 6 heteroatoms. The molecule has 0 aromatic heterocycles. The molecule has 0 amide bonds. The zero-order valence-electron chi connectivity index (χ0n) is 40.4. The summed E-state index contributed by atoms with van der Waals surface area (Å²) in [6.45, 7) is 6.58. The summed E-state index contributed by atoms with van der Waals surface area (Å²) in [7, 11) is 0. The van der Waals surface area contributed by atoms with Gasteiger partial charge in [-0.25, -0.2) is 0 Å². The second-order valence-electron chi connectivity index (χ2n) is 17.4. The fraction of sp³-hybridized carbons (Fsp3) is 0.800. The average molecular weight is 855 g/mol. The first-order valence-corrected chi connectivity index (χ1v) is 26.1. The van der Waals surface area contributed by atoms with Crippen LogP contribution in [0.5, 0.6) is 0 Å². The van der Waals surface area contributed by atoms with E-state index >= 15 is 0 Å². The van der Waals surface area contributed by atoms with Gasteiger partial charge in [-0.2, -0.15) is 0 Å². The molecule has 0 aliphatic rings. The number of unbranched alkanes of at least 4 members (excludes halogenated alkanes) is 28. The van der Waals surface area contributed by atoms with E-state index in [2.05, 4.69) is 69.4 Å². The molecule has 1 atom stereocenters. The van der Waals surface area contributed by atoms with Crippen molar-refractivity contribution in [2.24, 2.45) is 0 Å². The molecule has 0 aliphatic heterocycles. The molecular weight excluding hydrogens is 757 g/mol. The molecule has 6 nitrogen and oxygen atoms in total. The molecular formula is C55H98O6. The van der Waals surface area contributed by atoms with Crippen LogP contribution in [0.2, 0.25) is 0 Å². The maximum atomic E-state index is 12.8. The molecule has 0 N–H and O–H groups in total. The van der Waals surface area contributed by atoms with E-state index in [0.29, 0.717) is 19.3 Å². The Hall–Kier alpha value is -2.63. The van der Waals surface area contributed by atoms with Crippen LogP contribution in [0.4, 0.5) is 0 Å². The van der Waals surface area contributed by atoms with Crippen LogP contribution in [-0.4, -0.2) is 37.2 Å². The summed E-state index contributed by atoms with van der Waals surface area (Å²) in [6.07, 6.45) is 59.5. The maximum absolute atomic E-state index is 12.8. The summed E-state index contributed by atoms with van der Waals surface area (Å²) in [6, 6.07) is 0. The molecule has 0 spiro atoms.